The third-order valence-corrected chi connectivity index (χ3v) is 10.3. The summed E-state index contributed by atoms with van der Waals surface area (Å²) in [4.78, 5) is 57.7. The normalized spacial score (nSPS) is 19.1. The molecule has 12 heteroatoms. The number of nitrogens with two attached hydrogens (primary N) is 1. The first-order valence-corrected chi connectivity index (χ1v) is 19.0. The molecule has 0 spiro atoms. The van der Waals surface area contributed by atoms with Crippen LogP contribution in [0.3, 0.4) is 0 Å². The van der Waals surface area contributed by atoms with Gasteiger partial charge in [0.1, 0.15) is 18.6 Å². The molecule has 0 aliphatic carbocycles. The summed E-state index contributed by atoms with van der Waals surface area (Å²) in [5, 5.41) is 0. The lowest BCUT2D eigenvalue weighted by Crippen LogP contribution is -2.55. The highest BCUT2D eigenvalue weighted by molar-refractivity contribution is 6.76. The molecule has 0 bridgehead atoms. The van der Waals surface area contributed by atoms with Crippen LogP contribution in [0, 0.1) is 17.7 Å². The van der Waals surface area contributed by atoms with Gasteiger partial charge in [0.2, 0.25) is 5.91 Å². The Labute approximate surface area is 264 Å². The maximum atomic E-state index is 14.2. The van der Waals surface area contributed by atoms with E-state index in [2.05, 4.69) is 41.3 Å². The van der Waals surface area contributed by atoms with E-state index in [0.717, 1.165) is 35.2 Å². The number of halogens is 1. The van der Waals surface area contributed by atoms with Crippen LogP contribution >= 0.6 is 0 Å². The minimum Gasteiger partial charge on any atom is -0.369 e. The van der Waals surface area contributed by atoms with Gasteiger partial charge in [-0.15, -0.1) is 0 Å². The Hall–Kier alpha value is -4.05. The molecule has 2 saturated heterocycles. The van der Waals surface area contributed by atoms with E-state index in [0.29, 0.717) is 37.5 Å². The van der Waals surface area contributed by atoms with E-state index in [4.69, 9.17) is 10.5 Å². The molecule has 2 aromatic carbocycles. The van der Waals surface area contributed by atoms with Gasteiger partial charge in [-0.1, -0.05) is 37.5 Å². The van der Waals surface area contributed by atoms with Crippen molar-refractivity contribution in [3.05, 3.63) is 64.5 Å². The molecule has 3 aliphatic heterocycles. The van der Waals surface area contributed by atoms with Crippen molar-refractivity contribution in [2.24, 2.45) is 5.73 Å². The van der Waals surface area contributed by atoms with Crippen molar-refractivity contribution in [1.29, 1.82) is 0 Å². The van der Waals surface area contributed by atoms with Crippen LogP contribution in [-0.2, 0) is 20.9 Å². The topological polar surface area (TPSA) is 116 Å². The average molecular weight is 634 g/mol. The highest BCUT2D eigenvalue weighted by atomic mass is 28.3. The lowest BCUT2D eigenvalue weighted by Gasteiger charge is -2.35. The third kappa shape index (κ3) is 7.44. The molecule has 3 aliphatic rings. The number of piperidine rings is 1. The van der Waals surface area contributed by atoms with Crippen LogP contribution in [0.15, 0.2) is 36.4 Å². The number of carbonyl (C=O) groups is 4. The summed E-state index contributed by atoms with van der Waals surface area (Å²) in [7, 11) is -1.31. The van der Waals surface area contributed by atoms with E-state index in [1.807, 2.05) is 6.07 Å². The fraction of sp³-hybridized carbons (Fsp3) is 0.455. The van der Waals surface area contributed by atoms with Crippen LogP contribution < -0.4 is 10.6 Å². The van der Waals surface area contributed by atoms with Gasteiger partial charge < -0.3 is 20.3 Å². The molecular weight excluding hydrogens is 593 g/mol. The van der Waals surface area contributed by atoms with Gasteiger partial charge in [0.15, 0.2) is 0 Å². The number of nitrogens with zero attached hydrogens (tertiary/aromatic N) is 4. The first kappa shape index (κ1) is 32.3. The monoisotopic (exact) mass is 633 g/mol. The van der Waals surface area contributed by atoms with Crippen molar-refractivity contribution in [3.8, 4) is 11.8 Å². The Bertz CT molecular complexity index is 1560. The van der Waals surface area contributed by atoms with Crippen LogP contribution in [0.25, 0.3) is 0 Å². The smallest absolute Gasteiger partial charge is 0.255 e. The Kier molecular flexibility index (Phi) is 9.72. The van der Waals surface area contributed by atoms with Crippen molar-refractivity contribution in [1.82, 2.24) is 14.7 Å². The molecule has 0 radical (unpaired) electrons. The van der Waals surface area contributed by atoms with E-state index in [-0.39, 0.29) is 43.5 Å². The molecular formula is C33H40FN5O5Si. The van der Waals surface area contributed by atoms with Crippen molar-refractivity contribution in [2.75, 3.05) is 51.0 Å². The zero-order valence-corrected chi connectivity index (χ0v) is 27.1. The summed E-state index contributed by atoms with van der Waals surface area (Å²) in [6, 6.07) is 10.1. The molecule has 3 heterocycles. The number of amides is 4. The second-order valence-corrected chi connectivity index (χ2v) is 18.5. The van der Waals surface area contributed by atoms with Gasteiger partial charge in [-0.2, -0.15) is 0 Å². The molecule has 4 amide bonds. The minimum atomic E-state index is -1.31. The highest BCUT2D eigenvalue weighted by Crippen LogP contribution is 2.31. The summed E-state index contributed by atoms with van der Waals surface area (Å²) in [5.41, 5.74) is 7.87. The lowest BCUT2D eigenvalue weighted by atomic mass is 10.0. The zero-order chi connectivity index (χ0) is 32.3. The van der Waals surface area contributed by atoms with Crippen LogP contribution in [0.2, 0.25) is 25.7 Å². The first-order valence-electron chi connectivity index (χ1n) is 15.3. The standard InChI is InChI=1S/C33H40FN5O5Si/c1-45(2,3)19-18-44-22-39-30(40)12-11-29(33(39)43)38-21-27-23(6-4-8-25(27)32(38)42)7-5-13-36-14-16-37(17-15-36)24-9-10-26(31(35)41)28(34)20-24/h4,6,8-10,20,29H,11-19,21-22H2,1-3H3,(H2,35,41). The molecule has 45 heavy (non-hydrogen) atoms. The summed E-state index contributed by atoms with van der Waals surface area (Å²) >= 11 is 0. The molecule has 1 unspecified atom stereocenters. The number of hydrogen-bond acceptors (Lipinski definition) is 7. The summed E-state index contributed by atoms with van der Waals surface area (Å²) in [6.45, 7) is 10.7. The van der Waals surface area contributed by atoms with E-state index in [1.165, 1.54) is 12.1 Å². The van der Waals surface area contributed by atoms with Gasteiger partial charge in [-0.3, -0.25) is 29.0 Å². The Balaban J connectivity index is 1.18. The largest absolute Gasteiger partial charge is 0.369 e. The Morgan fingerprint density at radius 1 is 1.09 bits per heavy atom. The molecule has 10 nitrogen and oxygen atoms in total. The van der Waals surface area contributed by atoms with Gasteiger partial charge in [-0.25, -0.2) is 4.39 Å². The molecule has 238 valence electrons. The summed E-state index contributed by atoms with van der Waals surface area (Å²) in [5.74, 6) is 4.17. The number of benzene rings is 2. The number of piperazine rings is 1. The second-order valence-electron chi connectivity index (χ2n) is 12.9. The van der Waals surface area contributed by atoms with Crippen molar-refractivity contribution in [3.63, 3.8) is 0 Å². The Morgan fingerprint density at radius 3 is 2.53 bits per heavy atom. The fourth-order valence-corrected chi connectivity index (χ4v) is 6.57. The molecule has 0 saturated carbocycles. The van der Waals surface area contributed by atoms with Crippen LogP contribution in [0.1, 0.15) is 44.7 Å². The van der Waals surface area contributed by atoms with Crippen LogP contribution in [0.5, 0.6) is 0 Å². The number of imide groups is 1. The zero-order valence-electron chi connectivity index (χ0n) is 26.1. The fourth-order valence-electron chi connectivity index (χ4n) is 5.81. The maximum absolute atomic E-state index is 14.2. The first-order chi connectivity index (χ1) is 21.4. The predicted molar refractivity (Wildman–Crippen MR) is 171 cm³/mol. The second kappa shape index (κ2) is 13.5. The van der Waals surface area contributed by atoms with E-state index >= 15 is 0 Å². The molecule has 1 atom stereocenters. The number of hydrogen-bond donors (Lipinski definition) is 1. The maximum Gasteiger partial charge on any atom is 0.255 e. The van der Waals surface area contributed by atoms with Crippen molar-refractivity contribution in [2.45, 2.75) is 51.1 Å². The molecule has 0 aromatic heterocycles. The van der Waals surface area contributed by atoms with E-state index < -0.39 is 31.7 Å². The third-order valence-electron chi connectivity index (χ3n) is 8.55. The highest BCUT2D eigenvalue weighted by Gasteiger charge is 2.43. The van der Waals surface area contributed by atoms with E-state index in [9.17, 15) is 23.6 Å². The van der Waals surface area contributed by atoms with Crippen molar-refractivity contribution < 1.29 is 28.3 Å². The van der Waals surface area contributed by atoms with Gasteiger partial charge in [0.05, 0.1) is 12.1 Å². The summed E-state index contributed by atoms with van der Waals surface area (Å²) in [6.07, 6.45) is 0.471. The van der Waals surface area contributed by atoms with Gasteiger partial charge >= 0.3 is 0 Å². The number of ether oxygens (including phenoxy) is 1. The molecule has 2 aromatic rings. The molecule has 2 fully saturated rings. The SMILES string of the molecule is C[Si](C)(C)CCOCN1C(=O)CCC(N2Cc3c(C#CCN4CCN(c5ccc(C(N)=O)c(F)c5)CC4)cccc3C2=O)C1=O. The molecule has 5 rings (SSSR count). The minimum absolute atomic E-state index is 0.0862. The van der Waals surface area contributed by atoms with Gasteiger partial charge in [-0.05, 0) is 48.4 Å². The summed E-state index contributed by atoms with van der Waals surface area (Å²) < 4.78 is 19.9. The number of rotatable bonds is 9. The van der Waals surface area contributed by atoms with E-state index in [1.54, 1.807) is 23.1 Å². The quantitative estimate of drug-likeness (QED) is 0.195. The van der Waals surface area contributed by atoms with Crippen molar-refractivity contribution >= 4 is 37.4 Å². The number of likely N-dealkylation sites (tertiary alicyclic amines) is 1. The van der Waals surface area contributed by atoms with Gasteiger partial charge in [0.25, 0.3) is 17.7 Å². The number of primary amides is 1. The number of carbonyl (C=O) groups excluding carboxylic acids is 4. The van der Waals surface area contributed by atoms with Crippen LogP contribution in [0.4, 0.5) is 10.1 Å². The average Bonchev–Trinajstić information content (AvgIpc) is 3.33. The van der Waals surface area contributed by atoms with Crippen LogP contribution in [-0.4, -0.2) is 98.5 Å². The number of anilines is 1. The Morgan fingerprint density at radius 2 is 1.84 bits per heavy atom. The van der Waals surface area contributed by atoms with Gasteiger partial charge in [0, 0.05) is 70.6 Å². The number of fused-ring (bicyclic) bond motifs is 1. The lowest BCUT2D eigenvalue weighted by molar-refractivity contribution is -0.158. The predicted octanol–water partition coefficient (Wildman–Crippen LogP) is 2.88. The molecule has 2 N–H and O–H groups in total.